The Labute approximate surface area is 331 Å². The van der Waals surface area contributed by atoms with E-state index < -0.39 is 5.41 Å². The molecule has 0 fully saturated rings. The van der Waals surface area contributed by atoms with Crippen LogP contribution in [0.2, 0.25) is 0 Å². The average molecular weight is 726 g/mol. The van der Waals surface area contributed by atoms with E-state index in [9.17, 15) is 0 Å². The maximum absolute atomic E-state index is 5.10. The van der Waals surface area contributed by atoms with Crippen LogP contribution in [-0.4, -0.2) is 15.0 Å². The van der Waals surface area contributed by atoms with Gasteiger partial charge in [0, 0.05) is 16.7 Å². The Morgan fingerprint density at radius 2 is 0.754 bits per heavy atom. The fraction of sp³-hybridized carbons (Fsp3) is 0.0185. The molecule has 0 saturated heterocycles. The molecule has 3 heteroatoms. The molecule has 0 amide bonds. The molecule has 1 aliphatic rings. The summed E-state index contributed by atoms with van der Waals surface area (Å²) < 4.78 is 0. The molecule has 57 heavy (non-hydrogen) atoms. The predicted octanol–water partition coefficient (Wildman–Crippen LogP) is 13.2. The van der Waals surface area contributed by atoms with Gasteiger partial charge in [0.1, 0.15) is 0 Å². The third kappa shape index (κ3) is 5.24. The summed E-state index contributed by atoms with van der Waals surface area (Å²) in [5, 5.41) is 4.67. The second kappa shape index (κ2) is 13.4. The summed E-state index contributed by atoms with van der Waals surface area (Å²) in [7, 11) is 0. The normalized spacial score (nSPS) is 12.7. The van der Waals surface area contributed by atoms with Gasteiger partial charge in [-0.1, -0.05) is 194 Å². The Hall–Kier alpha value is -7.49. The van der Waals surface area contributed by atoms with Crippen molar-refractivity contribution in [2.24, 2.45) is 0 Å². The van der Waals surface area contributed by atoms with Crippen LogP contribution >= 0.6 is 0 Å². The van der Waals surface area contributed by atoms with Crippen LogP contribution in [0.1, 0.15) is 22.3 Å². The number of benzene rings is 9. The number of hydrogen-bond acceptors (Lipinski definition) is 3. The maximum Gasteiger partial charge on any atom is 0.164 e. The molecule has 0 atom stereocenters. The maximum atomic E-state index is 5.10. The lowest BCUT2D eigenvalue weighted by Crippen LogP contribution is -2.28. The third-order valence-electron chi connectivity index (χ3n) is 11.6. The molecule has 9 aromatic carbocycles. The van der Waals surface area contributed by atoms with Crippen LogP contribution in [0.5, 0.6) is 0 Å². The van der Waals surface area contributed by atoms with Crippen molar-refractivity contribution in [2.45, 2.75) is 5.41 Å². The van der Waals surface area contributed by atoms with Crippen molar-refractivity contribution < 1.29 is 0 Å². The van der Waals surface area contributed by atoms with Crippen LogP contribution in [0, 0.1) is 0 Å². The highest BCUT2D eigenvalue weighted by Crippen LogP contribution is 2.57. The fourth-order valence-corrected chi connectivity index (χ4v) is 9.11. The van der Waals surface area contributed by atoms with E-state index in [1.807, 2.05) is 36.4 Å². The molecule has 11 rings (SSSR count). The molecule has 0 N–H and O–H groups in total. The van der Waals surface area contributed by atoms with Gasteiger partial charge < -0.3 is 0 Å². The topological polar surface area (TPSA) is 38.7 Å². The van der Waals surface area contributed by atoms with Gasteiger partial charge in [-0.3, -0.25) is 0 Å². The summed E-state index contributed by atoms with van der Waals surface area (Å²) in [6, 6.07) is 76.0. The summed E-state index contributed by atoms with van der Waals surface area (Å²) in [6.07, 6.45) is 0. The van der Waals surface area contributed by atoms with Crippen molar-refractivity contribution >= 4 is 21.5 Å². The van der Waals surface area contributed by atoms with E-state index in [1.54, 1.807) is 0 Å². The van der Waals surface area contributed by atoms with Gasteiger partial charge in [0.2, 0.25) is 0 Å². The SMILES string of the molecule is c1ccc(-c2nc(-c3ccccc3)nc(-c3ccc(-c4cccc5cc6c(cc45)-c4ccccc4C6(c4ccccc4)c4ccccc4)c4ccccc34)n2)cc1. The lowest BCUT2D eigenvalue weighted by molar-refractivity contribution is 0.769. The summed E-state index contributed by atoms with van der Waals surface area (Å²) in [5.74, 6) is 1.95. The Bertz CT molecular complexity index is 3010. The molecule has 266 valence electrons. The van der Waals surface area contributed by atoms with Crippen LogP contribution in [-0.2, 0) is 5.41 Å². The number of aromatic nitrogens is 3. The highest BCUT2D eigenvalue weighted by atomic mass is 15.0. The summed E-state index contributed by atoms with van der Waals surface area (Å²) in [5.41, 5.74) is 12.5. The number of hydrogen-bond donors (Lipinski definition) is 0. The minimum Gasteiger partial charge on any atom is -0.208 e. The second-order valence-electron chi connectivity index (χ2n) is 14.7. The molecule has 1 aromatic heterocycles. The summed E-state index contributed by atoms with van der Waals surface area (Å²) >= 11 is 0. The molecular weight excluding hydrogens is 691 g/mol. The minimum atomic E-state index is -0.450. The molecule has 1 heterocycles. The minimum absolute atomic E-state index is 0.450. The smallest absolute Gasteiger partial charge is 0.164 e. The van der Waals surface area contributed by atoms with Gasteiger partial charge in [-0.2, -0.15) is 0 Å². The van der Waals surface area contributed by atoms with Crippen molar-refractivity contribution in [1.29, 1.82) is 0 Å². The number of nitrogens with zero attached hydrogens (tertiary/aromatic N) is 3. The fourth-order valence-electron chi connectivity index (χ4n) is 9.11. The van der Waals surface area contributed by atoms with E-state index in [1.165, 1.54) is 55.3 Å². The molecular formula is C54H35N3. The summed E-state index contributed by atoms with van der Waals surface area (Å²) in [6.45, 7) is 0. The molecule has 0 spiro atoms. The Morgan fingerprint density at radius 3 is 1.39 bits per heavy atom. The van der Waals surface area contributed by atoms with Crippen LogP contribution < -0.4 is 0 Å². The largest absolute Gasteiger partial charge is 0.208 e. The highest BCUT2D eigenvalue weighted by Gasteiger charge is 2.46. The molecule has 0 unspecified atom stereocenters. The number of fused-ring (bicyclic) bond motifs is 5. The molecule has 0 aliphatic heterocycles. The van der Waals surface area contributed by atoms with Crippen LogP contribution in [0.4, 0.5) is 0 Å². The Balaban J connectivity index is 1.13. The van der Waals surface area contributed by atoms with Crippen molar-refractivity contribution in [3.63, 3.8) is 0 Å². The van der Waals surface area contributed by atoms with Crippen molar-refractivity contribution in [1.82, 2.24) is 15.0 Å². The molecule has 0 saturated carbocycles. The first-order valence-electron chi connectivity index (χ1n) is 19.4. The molecule has 3 nitrogen and oxygen atoms in total. The lowest BCUT2D eigenvalue weighted by Gasteiger charge is -2.34. The van der Waals surface area contributed by atoms with Gasteiger partial charge in [-0.15, -0.1) is 0 Å². The zero-order valence-corrected chi connectivity index (χ0v) is 31.0. The van der Waals surface area contributed by atoms with E-state index in [-0.39, 0.29) is 0 Å². The molecule has 10 aromatic rings. The standard InChI is InChI=1S/C54H35N3/c1-5-18-36(19-6-1)51-55-52(37-20-7-2-8-21-37)57-53(56-51)46-33-32-44(41-27-13-14-28-42(41)46)43-30-17-22-38-34-50-48(35-47(38)43)45-29-15-16-31-49(45)54(50,39-23-9-3-10-24-39)40-25-11-4-12-26-40/h1-35H. The van der Waals surface area contributed by atoms with Gasteiger partial charge in [0.15, 0.2) is 17.5 Å². The zero-order valence-electron chi connectivity index (χ0n) is 31.0. The zero-order chi connectivity index (χ0) is 37.8. The van der Waals surface area contributed by atoms with Crippen molar-refractivity contribution in [3.8, 4) is 56.4 Å². The molecule has 1 aliphatic carbocycles. The highest BCUT2D eigenvalue weighted by molar-refractivity contribution is 6.10. The summed E-state index contributed by atoms with van der Waals surface area (Å²) in [4.78, 5) is 15.2. The van der Waals surface area contributed by atoms with Crippen molar-refractivity contribution in [3.05, 3.63) is 235 Å². The van der Waals surface area contributed by atoms with Crippen molar-refractivity contribution in [2.75, 3.05) is 0 Å². The average Bonchev–Trinajstić information content (AvgIpc) is 3.58. The van der Waals surface area contributed by atoms with Crippen LogP contribution in [0.15, 0.2) is 212 Å². The first-order valence-corrected chi connectivity index (χ1v) is 19.4. The second-order valence-corrected chi connectivity index (χ2v) is 14.7. The molecule has 0 bridgehead atoms. The monoisotopic (exact) mass is 725 g/mol. The van der Waals surface area contributed by atoms with Crippen LogP contribution in [0.25, 0.3) is 78.0 Å². The van der Waals surface area contributed by atoms with E-state index in [0.29, 0.717) is 17.5 Å². The van der Waals surface area contributed by atoms with E-state index in [4.69, 9.17) is 15.0 Å². The first-order chi connectivity index (χ1) is 28.3. The van der Waals surface area contributed by atoms with Gasteiger partial charge in [0.25, 0.3) is 0 Å². The van der Waals surface area contributed by atoms with E-state index in [2.05, 4.69) is 176 Å². The number of rotatable bonds is 6. The molecule has 0 radical (unpaired) electrons. The van der Waals surface area contributed by atoms with Gasteiger partial charge >= 0.3 is 0 Å². The third-order valence-corrected chi connectivity index (χ3v) is 11.6. The Morgan fingerprint density at radius 1 is 0.281 bits per heavy atom. The lowest BCUT2D eigenvalue weighted by atomic mass is 9.67. The first kappa shape index (κ1) is 32.9. The Kier molecular flexibility index (Phi) is 7.71. The van der Waals surface area contributed by atoms with Gasteiger partial charge in [0.05, 0.1) is 5.41 Å². The van der Waals surface area contributed by atoms with Crippen LogP contribution in [0.3, 0.4) is 0 Å². The predicted molar refractivity (Wildman–Crippen MR) is 234 cm³/mol. The van der Waals surface area contributed by atoms with E-state index >= 15 is 0 Å². The van der Waals surface area contributed by atoms with E-state index in [0.717, 1.165) is 27.5 Å². The van der Waals surface area contributed by atoms with Gasteiger partial charge in [-0.25, -0.2) is 15.0 Å². The quantitative estimate of drug-likeness (QED) is 0.171. The van der Waals surface area contributed by atoms with Gasteiger partial charge in [-0.05, 0) is 84.3 Å².